The second kappa shape index (κ2) is 1.95. The van der Waals surface area contributed by atoms with Crippen LogP contribution in [0.3, 0.4) is 0 Å². The fourth-order valence-electron chi connectivity index (χ4n) is 1.58. The van der Waals surface area contributed by atoms with E-state index in [4.69, 9.17) is 10.2 Å². The summed E-state index contributed by atoms with van der Waals surface area (Å²) in [5.74, 6) is -1.16. The lowest BCUT2D eigenvalue weighted by Crippen LogP contribution is -2.03. The van der Waals surface area contributed by atoms with Gasteiger partial charge < -0.3 is 10.2 Å². The zero-order chi connectivity index (χ0) is 7.94. The van der Waals surface area contributed by atoms with Crippen LogP contribution in [0.15, 0.2) is 0 Å². The summed E-state index contributed by atoms with van der Waals surface area (Å²) < 4.78 is 0. The van der Waals surface area contributed by atoms with Gasteiger partial charge in [-0.25, -0.2) is 0 Å². The van der Waals surface area contributed by atoms with E-state index in [-0.39, 0.29) is 23.9 Å². The minimum atomic E-state index is -0.788. The maximum Gasteiger partial charge on any atom is 0.307 e. The van der Waals surface area contributed by atoms with Crippen LogP contribution in [-0.4, -0.2) is 22.8 Å². The summed E-state index contributed by atoms with van der Waals surface area (Å²) in [4.78, 5) is 10.4. The molecule has 1 rings (SSSR count). The maximum atomic E-state index is 10.4. The average Bonchev–Trinajstić information content (AvgIpc) is 2.33. The molecule has 0 aromatic rings. The van der Waals surface area contributed by atoms with Crippen LogP contribution in [0.25, 0.3) is 0 Å². The van der Waals surface area contributed by atoms with Crippen LogP contribution in [0.4, 0.5) is 0 Å². The van der Waals surface area contributed by atoms with Gasteiger partial charge in [-0.3, -0.25) is 4.79 Å². The molecule has 0 aromatic carbocycles. The van der Waals surface area contributed by atoms with Gasteiger partial charge in [-0.2, -0.15) is 0 Å². The molecule has 3 heteroatoms. The van der Waals surface area contributed by atoms with Gasteiger partial charge in [0.2, 0.25) is 0 Å². The number of hydrogen-bond donors (Lipinski definition) is 2. The van der Waals surface area contributed by atoms with Gasteiger partial charge in [-0.1, -0.05) is 13.8 Å². The Hall–Kier alpha value is -0.570. The summed E-state index contributed by atoms with van der Waals surface area (Å²) in [6.45, 7) is 3.73. The van der Waals surface area contributed by atoms with Gasteiger partial charge in [0.05, 0.1) is 5.92 Å². The monoisotopic (exact) mass is 144 g/mol. The molecule has 1 aliphatic rings. The number of carboxylic acids is 1. The van der Waals surface area contributed by atoms with Crippen LogP contribution in [0.1, 0.15) is 13.8 Å². The molecule has 0 spiro atoms. The highest BCUT2D eigenvalue weighted by molar-refractivity contribution is 5.75. The molecule has 0 unspecified atom stereocenters. The van der Waals surface area contributed by atoms with E-state index in [0.717, 1.165) is 0 Å². The van der Waals surface area contributed by atoms with E-state index in [0.29, 0.717) is 0 Å². The SMILES string of the molecule is CC1(C)[C@@H](CO)[C@@H]1C(=O)O. The van der Waals surface area contributed by atoms with Crippen LogP contribution >= 0.6 is 0 Å². The zero-order valence-electron chi connectivity index (χ0n) is 6.16. The van der Waals surface area contributed by atoms with Gasteiger partial charge in [0.15, 0.2) is 0 Å². The summed E-state index contributed by atoms with van der Waals surface area (Å²) in [6.07, 6.45) is 0. The molecule has 0 aromatic heterocycles. The first-order valence-corrected chi connectivity index (χ1v) is 3.35. The molecule has 0 saturated heterocycles. The summed E-state index contributed by atoms with van der Waals surface area (Å²) in [6, 6.07) is 0. The van der Waals surface area contributed by atoms with Crippen molar-refractivity contribution in [2.45, 2.75) is 13.8 Å². The third-order valence-electron chi connectivity index (χ3n) is 2.51. The van der Waals surface area contributed by atoms with Crippen molar-refractivity contribution in [2.75, 3.05) is 6.61 Å². The van der Waals surface area contributed by atoms with Gasteiger partial charge in [-0.05, 0) is 5.41 Å². The van der Waals surface area contributed by atoms with E-state index in [1.54, 1.807) is 0 Å². The molecule has 0 radical (unpaired) electrons. The summed E-state index contributed by atoms with van der Waals surface area (Å²) >= 11 is 0. The Morgan fingerprint density at radius 1 is 1.60 bits per heavy atom. The third kappa shape index (κ3) is 0.814. The third-order valence-corrected chi connectivity index (χ3v) is 2.51. The maximum absolute atomic E-state index is 10.4. The second-order valence-electron chi connectivity index (χ2n) is 3.43. The Labute approximate surface area is 59.7 Å². The smallest absolute Gasteiger partial charge is 0.307 e. The minimum Gasteiger partial charge on any atom is -0.481 e. The van der Waals surface area contributed by atoms with Crippen molar-refractivity contribution in [3.8, 4) is 0 Å². The van der Waals surface area contributed by atoms with Crippen LogP contribution in [0.2, 0.25) is 0 Å². The van der Waals surface area contributed by atoms with Crippen molar-refractivity contribution in [2.24, 2.45) is 17.3 Å². The lowest BCUT2D eigenvalue weighted by molar-refractivity contribution is -0.139. The topological polar surface area (TPSA) is 57.5 Å². The molecule has 2 N–H and O–H groups in total. The summed E-state index contributed by atoms with van der Waals surface area (Å²) in [7, 11) is 0. The highest BCUT2D eigenvalue weighted by Crippen LogP contribution is 2.57. The first-order valence-electron chi connectivity index (χ1n) is 3.35. The molecule has 10 heavy (non-hydrogen) atoms. The number of aliphatic hydroxyl groups is 1. The van der Waals surface area contributed by atoms with Crippen molar-refractivity contribution < 1.29 is 15.0 Å². The van der Waals surface area contributed by atoms with Crippen molar-refractivity contribution in [3.63, 3.8) is 0 Å². The standard InChI is InChI=1S/C7H12O3/c1-7(2)4(3-8)5(7)6(9)10/h4-5,8H,3H2,1-2H3,(H,9,10)/t4-,5+/m0/s1. The lowest BCUT2D eigenvalue weighted by atomic mass is 10.1. The predicted molar refractivity (Wildman–Crippen MR) is 35.5 cm³/mol. The largest absolute Gasteiger partial charge is 0.481 e. The molecule has 0 bridgehead atoms. The molecular weight excluding hydrogens is 132 g/mol. The van der Waals surface area contributed by atoms with Crippen molar-refractivity contribution >= 4 is 5.97 Å². The normalized spacial score (nSPS) is 35.5. The molecule has 1 fully saturated rings. The van der Waals surface area contributed by atoms with E-state index >= 15 is 0 Å². The highest BCUT2D eigenvalue weighted by Gasteiger charge is 2.61. The lowest BCUT2D eigenvalue weighted by Gasteiger charge is -1.96. The van der Waals surface area contributed by atoms with Crippen molar-refractivity contribution in [1.29, 1.82) is 0 Å². The number of carbonyl (C=O) groups is 1. The Bertz CT molecular complexity index is 162. The van der Waals surface area contributed by atoms with E-state index in [9.17, 15) is 4.79 Å². The fraction of sp³-hybridized carbons (Fsp3) is 0.857. The summed E-state index contributed by atoms with van der Waals surface area (Å²) in [5.41, 5.74) is -0.194. The molecule has 58 valence electrons. The molecule has 3 nitrogen and oxygen atoms in total. The predicted octanol–water partition coefficient (Wildman–Crippen LogP) is 0.336. The zero-order valence-corrected chi connectivity index (χ0v) is 6.16. The first kappa shape index (κ1) is 7.54. The molecule has 2 atom stereocenters. The Morgan fingerprint density at radius 3 is 2.20 bits per heavy atom. The van der Waals surface area contributed by atoms with Crippen LogP contribution in [-0.2, 0) is 4.79 Å². The van der Waals surface area contributed by atoms with E-state index < -0.39 is 5.97 Å². The fourth-order valence-corrected chi connectivity index (χ4v) is 1.58. The van der Waals surface area contributed by atoms with Crippen LogP contribution in [0, 0.1) is 17.3 Å². The van der Waals surface area contributed by atoms with E-state index in [1.165, 1.54) is 0 Å². The van der Waals surface area contributed by atoms with Crippen LogP contribution in [0.5, 0.6) is 0 Å². The van der Waals surface area contributed by atoms with Crippen LogP contribution < -0.4 is 0 Å². The van der Waals surface area contributed by atoms with E-state index in [1.807, 2.05) is 13.8 Å². The van der Waals surface area contributed by atoms with Crippen molar-refractivity contribution in [3.05, 3.63) is 0 Å². The van der Waals surface area contributed by atoms with Gasteiger partial charge >= 0.3 is 5.97 Å². The number of hydrogen-bond acceptors (Lipinski definition) is 2. The minimum absolute atomic E-state index is 0.00995. The van der Waals surface area contributed by atoms with Gasteiger partial charge in [-0.15, -0.1) is 0 Å². The second-order valence-corrected chi connectivity index (χ2v) is 3.43. The van der Waals surface area contributed by atoms with Crippen molar-refractivity contribution in [1.82, 2.24) is 0 Å². The number of aliphatic carboxylic acids is 1. The summed E-state index contributed by atoms with van der Waals surface area (Å²) in [5, 5.41) is 17.3. The van der Waals surface area contributed by atoms with Gasteiger partial charge in [0.25, 0.3) is 0 Å². The van der Waals surface area contributed by atoms with Gasteiger partial charge in [0, 0.05) is 12.5 Å². The van der Waals surface area contributed by atoms with E-state index in [2.05, 4.69) is 0 Å². The quantitative estimate of drug-likeness (QED) is 0.587. The Kier molecular flexibility index (Phi) is 1.47. The molecule has 1 saturated carbocycles. The molecule has 0 amide bonds. The Balaban J connectivity index is 2.61. The number of rotatable bonds is 2. The highest BCUT2D eigenvalue weighted by atomic mass is 16.4. The average molecular weight is 144 g/mol. The number of aliphatic hydroxyl groups excluding tert-OH is 1. The molecular formula is C7H12O3. The number of carboxylic acid groups (broad SMARTS) is 1. The van der Waals surface area contributed by atoms with Gasteiger partial charge in [0.1, 0.15) is 0 Å². The Morgan fingerprint density at radius 2 is 2.10 bits per heavy atom. The first-order chi connectivity index (χ1) is 4.51. The molecule has 1 aliphatic carbocycles. The molecule has 0 aliphatic heterocycles. The molecule has 0 heterocycles.